The Morgan fingerprint density at radius 1 is 1.53 bits per heavy atom. The van der Waals surface area contributed by atoms with E-state index in [0.29, 0.717) is 13.2 Å². The highest BCUT2D eigenvalue weighted by atomic mass is 16.5. The first-order chi connectivity index (χ1) is 7.97. The van der Waals surface area contributed by atoms with Crippen LogP contribution in [0, 0.1) is 0 Å². The first kappa shape index (κ1) is 15.4. The minimum atomic E-state index is -1.06. The van der Waals surface area contributed by atoms with E-state index < -0.39 is 12.0 Å². The van der Waals surface area contributed by atoms with Crippen molar-refractivity contribution in [2.24, 2.45) is 0 Å². The van der Waals surface area contributed by atoms with Crippen molar-refractivity contribution in [1.29, 1.82) is 0 Å². The number of hydrogen-bond acceptors (Lipinski definition) is 3. The fourth-order valence-corrected chi connectivity index (χ4v) is 1.10. The van der Waals surface area contributed by atoms with Crippen LogP contribution >= 0.6 is 0 Å². The quantitative estimate of drug-likeness (QED) is 0.486. The topological polar surface area (TPSA) is 78.9 Å². The van der Waals surface area contributed by atoms with Crippen molar-refractivity contribution in [1.82, 2.24) is 10.2 Å². The van der Waals surface area contributed by atoms with Gasteiger partial charge in [0.05, 0.1) is 12.7 Å². The number of carbonyl (C=O) groups excluding carboxylic acids is 1. The standard InChI is InChI=1S/C11H20N2O4/c1-4-6-13(8-10(14)15)11(16)12-5-7-17-9(2)3/h4,9H,1,5-8H2,2-3H3,(H,12,16)(H,14,15). The highest BCUT2D eigenvalue weighted by molar-refractivity contribution is 5.80. The van der Waals surface area contributed by atoms with Gasteiger partial charge in [0.25, 0.3) is 0 Å². The lowest BCUT2D eigenvalue weighted by Gasteiger charge is -2.19. The number of carbonyl (C=O) groups is 2. The maximum atomic E-state index is 11.6. The normalized spacial score (nSPS) is 10.1. The minimum absolute atomic E-state index is 0.107. The number of urea groups is 1. The fraction of sp³-hybridized carbons (Fsp3) is 0.636. The Labute approximate surface area is 101 Å². The van der Waals surface area contributed by atoms with E-state index in [1.807, 2.05) is 13.8 Å². The van der Waals surface area contributed by atoms with Crippen molar-refractivity contribution in [2.75, 3.05) is 26.2 Å². The van der Waals surface area contributed by atoms with Gasteiger partial charge in [-0.1, -0.05) is 6.08 Å². The molecule has 0 saturated carbocycles. The number of ether oxygens (including phenoxy) is 1. The summed E-state index contributed by atoms with van der Waals surface area (Å²) in [6.07, 6.45) is 1.59. The summed E-state index contributed by atoms with van der Waals surface area (Å²) in [4.78, 5) is 23.2. The van der Waals surface area contributed by atoms with Gasteiger partial charge in [0.1, 0.15) is 6.54 Å². The van der Waals surface area contributed by atoms with Gasteiger partial charge in [0.15, 0.2) is 0 Å². The second-order valence-electron chi connectivity index (χ2n) is 3.71. The van der Waals surface area contributed by atoms with Gasteiger partial charge >= 0.3 is 12.0 Å². The highest BCUT2D eigenvalue weighted by Crippen LogP contribution is 1.91. The molecule has 6 heteroatoms. The molecule has 0 aromatic carbocycles. The molecule has 0 bridgehead atoms. The third kappa shape index (κ3) is 8.27. The number of hydrogen-bond donors (Lipinski definition) is 2. The zero-order chi connectivity index (χ0) is 13.3. The second kappa shape index (κ2) is 8.58. The Morgan fingerprint density at radius 3 is 2.65 bits per heavy atom. The van der Waals surface area contributed by atoms with Gasteiger partial charge in [-0.15, -0.1) is 6.58 Å². The van der Waals surface area contributed by atoms with Crippen LogP contribution in [0.5, 0.6) is 0 Å². The van der Waals surface area contributed by atoms with E-state index >= 15 is 0 Å². The Kier molecular flexibility index (Phi) is 7.79. The average Bonchev–Trinajstić information content (AvgIpc) is 2.22. The summed E-state index contributed by atoms with van der Waals surface area (Å²) in [6.45, 7) is 7.87. The first-order valence-electron chi connectivity index (χ1n) is 5.44. The van der Waals surface area contributed by atoms with Crippen molar-refractivity contribution in [3.8, 4) is 0 Å². The van der Waals surface area contributed by atoms with E-state index in [1.165, 1.54) is 6.08 Å². The molecule has 0 aliphatic heterocycles. The maximum absolute atomic E-state index is 11.6. The molecule has 0 spiro atoms. The molecule has 0 heterocycles. The number of amides is 2. The van der Waals surface area contributed by atoms with E-state index in [4.69, 9.17) is 9.84 Å². The fourth-order valence-electron chi connectivity index (χ4n) is 1.10. The van der Waals surface area contributed by atoms with E-state index in [1.54, 1.807) is 0 Å². The van der Waals surface area contributed by atoms with Crippen LogP contribution in [0.1, 0.15) is 13.8 Å². The van der Waals surface area contributed by atoms with Crippen LogP contribution in [-0.2, 0) is 9.53 Å². The lowest BCUT2D eigenvalue weighted by atomic mass is 10.4. The molecule has 0 rings (SSSR count). The molecule has 0 atom stereocenters. The summed E-state index contributed by atoms with van der Waals surface area (Å²) in [5.74, 6) is -1.06. The van der Waals surface area contributed by atoms with E-state index in [2.05, 4.69) is 11.9 Å². The Balaban J connectivity index is 3.96. The van der Waals surface area contributed by atoms with Gasteiger partial charge in [-0.25, -0.2) is 4.79 Å². The highest BCUT2D eigenvalue weighted by Gasteiger charge is 2.14. The zero-order valence-electron chi connectivity index (χ0n) is 10.3. The molecule has 6 nitrogen and oxygen atoms in total. The van der Waals surface area contributed by atoms with Crippen LogP contribution in [-0.4, -0.2) is 54.4 Å². The maximum Gasteiger partial charge on any atom is 0.323 e. The van der Waals surface area contributed by atoms with Crippen molar-refractivity contribution < 1.29 is 19.4 Å². The van der Waals surface area contributed by atoms with Crippen LogP contribution < -0.4 is 5.32 Å². The molecule has 98 valence electrons. The average molecular weight is 244 g/mol. The van der Waals surface area contributed by atoms with Gasteiger partial charge in [-0.05, 0) is 13.8 Å². The Hall–Kier alpha value is -1.56. The first-order valence-corrected chi connectivity index (χ1v) is 5.44. The lowest BCUT2D eigenvalue weighted by molar-refractivity contribution is -0.137. The van der Waals surface area contributed by atoms with Gasteiger partial charge < -0.3 is 20.1 Å². The van der Waals surface area contributed by atoms with Crippen molar-refractivity contribution in [3.05, 3.63) is 12.7 Å². The summed E-state index contributed by atoms with van der Waals surface area (Å²) in [6, 6.07) is -0.431. The summed E-state index contributed by atoms with van der Waals surface area (Å²) >= 11 is 0. The molecule has 2 N–H and O–H groups in total. The SMILES string of the molecule is C=CCN(CC(=O)O)C(=O)NCCOC(C)C. The van der Waals surface area contributed by atoms with Crippen LogP contribution in [0.25, 0.3) is 0 Å². The molecule has 0 unspecified atom stereocenters. The number of nitrogens with one attached hydrogen (secondary N) is 1. The summed E-state index contributed by atoms with van der Waals surface area (Å²) < 4.78 is 5.24. The molecule has 0 aromatic heterocycles. The molecule has 0 fully saturated rings. The van der Waals surface area contributed by atoms with Crippen LogP contribution in [0.4, 0.5) is 4.79 Å². The molecular formula is C11H20N2O4. The molecule has 0 radical (unpaired) electrons. The Bertz CT molecular complexity index is 266. The van der Waals surface area contributed by atoms with Crippen LogP contribution in [0.2, 0.25) is 0 Å². The number of carboxylic acids is 1. The number of nitrogens with zero attached hydrogens (tertiary/aromatic N) is 1. The van der Waals surface area contributed by atoms with E-state index in [9.17, 15) is 9.59 Å². The van der Waals surface area contributed by atoms with Crippen molar-refractivity contribution >= 4 is 12.0 Å². The van der Waals surface area contributed by atoms with E-state index in [-0.39, 0.29) is 19.2 Å². The monoisotopic (exact) mass is 244 g/mol. The molecular weight excluding hydrogens is 224 g/mol. The Morgan fingerprint density at radius 2 is 2.18 bits per heavy atom. The molecule has 0 saturated heterocycles. The van der Waals surface area contributed by atoms with Crippen LogP contribution in [0.15, 0.2) is 12.7 Å². The molecule has 0 aliphatic carbocycles. The molecule has 0 aromatic rings. The predicted octanol–water partition coefficient (Wildman–Crippen LogP) is 0.694. The van der Waals surface area contributed by atoms with Gasteiger partial charge in [-0.3, -0.25) is 4.79 Å². The summed E-state index contributed by atoms with van der Waals surface area (Å²) in [5, 5.41) is 11.2. The number of rotatable bonds is 8. The van der Waals surface area contributed by atoms with E-state index in [0.717, 1.165) is 4.90 Å². The number of aliphatic carboxylic acids is 1. The second-order valence-corrected chi connectivity index (χ2v) is 3.71. The summed E-state index contributed by atoms with van der Waals surface area (Å²) in [5.41, 5.74) is 0. The van der Waals surface area contributed by atoms with Gasteiger partial charge in [-0.2, -0.15) is 0 Å². The minimum Gasteiger partial charge on any atom is -0.480 e. The third-order valence-electron chi connectivity index (χ3n) is 1.79. The van der Waals surface area contributed by atoms with Crippen LogP contribution in [0.3, 0.4) is 0 Å². The van der Waals surface area contributed by atoms with Crippen molar-refractivity contribution in [3.63, 3.8) is 0 Å². The molecule has 2 amide bonds. The molecule has 17 heavy (non-hydrogen) atoms. The smallest absolute Gasteiger partial charge is 0.323 e. The van der Waals surface area contributed by atoms with Crippen molar-refractivity contribution in [2.45, 2.75) is 20.0 Å². The number of carboxylic acid groups (broad SMARTS) is 1. The third-order valence-corrected chi connectivity index (χ3v) is 1.79. The van der Waals surface area contributed by atoms with Gasteiger partial charge in [0, 0.05) is 13.1 Å². The summed E-state index contributed by atoms with van der Waals surface area (Å²) in [7, 11) is 0. The lowest BCUT2D eigenvalue weighted by Crippen LogP contribution is -2.43. The largest absolute Gasteiger partial charge is 0.480 e. The predicted molar refractivity (Wildman–Crippen MR) is 63.9 cm³/mol. The molecule has 0 aliphatic rings. The zero-order valence-corrected chi connectivity index (χ0v) is 10.3. The van der Waals surface area contributed by atoms with Gasteiger partial charge in [0.2, 0.25) is 0 Å².